The Balaban J connectivity index is 1.36. The lowest BCUT2D eigenvalue weighted by molar-refractivity contribution is -0.129. The highest BCUT2D eigenvalue weighted by Crippen LogP contribution is 2.40. The lowest BCUT2D eigenvalue weighted by Crippen LogP contribution is -2.52. The molecule has 0 radical (unpaired) electrons. The number of carbonyl (C=O) groups is 2. The van der Waals surface area contributed by atoms with Crippen LogP contribution in [0.25, 0.3) is 33.2 Å². The number of nitrogens with one attached hydrogen (secondary N) is 2. The first-order chi connectivity index (χ1) is 22.1. The van der Waals surface area contributed by atoms with Gasteiger partial charge in [0.1, 0.15) is 11.6 Å². The van der Waals surface area contributed by atoms with Crippen molar-refractivity contribution < 1.29 is 9.59 Å². The first-order valence-corrected chi connectivity index (χ1v) is 17.3. The van der Waals surface area contributed by atoms with Crippen LogP contribution < -0.4 is 5.32 Å². The van der Waals surface area contributed by atoms with E-state index in [-0.39, 0.29) is 39.9 Å². The second-order valence-electron chi connectivity index (χ2n) is 17.9. The van der Waals surface area contributed by atoms with Gasteiger partial charge in [0.05, 0.1) is 23.6 Å². The molecule has 1 aliphatic heterocycles. The predicted octanol–water partition coefficient (Wildman–Crippen LogP) is 10.2. The van der Waals surface area contributed by atoms with Gasteiger partial charge in [-0.1, -0.05) is 113 Å². The van der Waals surface area contributed by atoms with Gasteiger partial charge in [-0.15, -0.1) is 0 Å². The number of hydrogen-bond donors (Lipinski definition) is 2. The number of aliphatic imine (C=N–C) groups is 1. The molecular weight excluding hydrogens is 592 g/mol. The Hall–Kier alpha value is -4.06. The normalized spacial score (nSPS) is 15.2. The maximum atomic E-state index is 13.0. The van der Waals surface area contributed by atoms with Gasteiger partial charge in [-0.05, 0) is 62.6 Å². The molecule has 1 amide bonds. The summed E-state index contributed by atoms with van der Waals surface area (Å²) >= 11 is 0. The van der Waals surface area contributed by atoms with Crippen molar-refractivity contribution in [3.63, 3.8) is 0 Å². The summed E-state index contributed by atoms with van der Waals surface area (Å²) in [5.41, 5.74) is 6.37. The van der Waals surface area contributed by atoms with Crippen LogP contribution in [0.3, 0.4) is 0 Å². The first-order valence-electron chi connectivity index (χ1n) is 17.3. The van der Waals surface area contributed by atoms with Crippen molar-refractivity contribution in [2.24, 2.45) is 26.7 Å². The van der Waals surface area contributed by atoms with E-state index in [1.165, 1.54) is 5.56 Å². The van der Waals surface area contributed by atoms with Gasteiger partial charge in [-0.3, -0.25) is 14.6 Å². The highest BCUT2D eigenvalue weighted by atomic mass is 16.2. The van der Waals surface area contributed by atoms with Crippen LogP contribution in [0.2, 0.25) is 0 Å². The number of aromatic amines is 1. The lowest BCUT2D eigenvalue weighted by atomic mass is 9.74. The molecule has 0 bridgehead atoms. The van der Waals surface area contributed by atoms with Gasteiger partial charge in [-0.25, -0.2) is 4.98 Å². The molecule has 254 valence electrons. The highest BCUT2D eigenvalue weighted by Gasteiger charge is 2.36. The number of imidazole rings is 1. The summed E-state index contributed by atoms with van der Waals surface area (Å²) in [4.78, 5) is 39.3. The molecular formula is C42H54N4O2. The van der Waals surface area contributed by atoms with Crippen molar-refractivity contribution >= 4 is 33.9 Å². The summed E-state index contributed by atoms with van der Waals surface area (Å²) in [6.45, 7) is 24.8. The van der Waals surface area contributed by atoms with Gasteiger partial charge >= 0.3 is 0 Å². The van der Waals surface area contributed by atoms with Gasteiger partial charge in [-0.2, -0.15) is 0 Å². The van der Waals surface area contributed by atoms with Crippen LogP contribution in [-0.4, -0.2) is 33.4 Å². The minimum absolute atomic E-state index is 0.00335. The molecule has 1 aromatic heterocycles. The number of carbonyl (C=O) groups excluding carboxylic acids is 2. The van der Waals surface area contributed by atoms with E-state index in [1.54, 1.807) is 0 Å². The summed E-state index contributed by atoms with van der Waals surface area (Å²) in [7, 11) is 0. The summed E-state index contributed by atoms with van der Waals surface area (Å²) in [6, 6.07) is 19.4. The molecule has 48 heavy (non-hydrogen) atoms. The second kappa shape index (κ2) is 12.4. The Kier molecular flexibility index (Phi) is 9.13. The fourth-order valence-electron chi connectivity index (χ4n) is 6.28. The van der Waals surface area contributed by atoms with E-state index in [2.05, 4.69) is 106 Å². The average Bonchev–Trinajstić information content (AvgIpc) is 3.62. The molecule has 0 spiro atoms. The molecule has 5 rings (SSSR count). The third-order valence-corrected chi connectivity index (χ3v) is 9.55. The average molecular weight is 647 g/mol. The number of nitrogens with zero attached hydrogens (tertiary/aromatic N) is 2. The Bertz CT molecular complexity index is 1880. The second-order valence-corrected chi connectivity index (χ2v) is 17.9. The summed E-state index contributed by atoms with van der Waals surface area (Å²) < 4.78 is 0. The molecule has 6 nitrogen and oxygen atoms in total. The van der Waals surface area contributed by atoms with Crippen molar-refractivity contribution in [3.05, 3.63) is 72.2 Å². The molecule has 3 aromatic carbocycles. The number of amides is 1. The number of rotatable bonds is 7. The quantitative estimate of drug-likeness (QED) is 0.209. The Labute approximate surface area is 287 Å². The van der Waals surface area contributed by atoms with Gasteiger partial charge in [0.2, 0.25) is 5.91 Å². The van der Waals surface area contributed by atoms with Crippen LogP contribution in [0, 0.1) is 21.7 Å². The number of benzene rings is 3. The summed E-state index contributed by atoms with van der Waals surface area (Å²) in [5.74, 6) is 1.14. The molecule has 1 aliphatic rings. The monoisotopic (exact) mass is 646 g/mol. The number of hydrogen-bond acceptors (Lipinski definition) is 4. The Morgan fingerprint density at radius 2 is 1.33 bits per heavy atom. The molecule has 2 heterocycles. The molecule has 0 unspecified atom stereocenters. The zero-order valence-electron chi connectivity index (χ0n) is 31.1. The van der Waals surface area contributed by atoms with Crippen molar-refractivity contribution in [2.45, 2.75) is 108 Å². The number of aromatic nitrogens is 2. The van der Waals surface area contributed by atoms with Gasteiger partial charge in [0.25, 0.3) is 0 Å². The zero-order chi connectivity index (χ0) is 35.4. The van der Waals surface area contributed by atoms with Crippen LogP contribution in [0.5, 0.6) is 0 Å². The van der Waals surface area contributed by atoms with Crippen molar-refractivity contribution in [2.75, 3.05) is 0 Å². The molecule has 0 fully saturated rings. The standard InChI is InChI=1S/C42H54N4O2/c1-39(2,3)31(23-35(47)40(4,5)6)37-43-24-34(45-37)29-16-15-26-19-25(13-14-27(26)20-29)28-17-18-32-30(21-28)22-33(44-32)36(41(7,8)9)46-38(48)42(10,11)12/h13-21,24,31,36H,22-23H2,1-12H3,(H,43,45)(H,46,48)/t31-,36-/m1/s1. The maximum Gasteiger partial charge on any atom is 0.225 e. The van der Waals surface area contributed by atoms with E-state index < -0.39 is 5.41 Å². The zero-order valence-corrected chi connectivity index (χ0v) is 31.1. The molecule has 0 saturated carbocycles. The van der Waals surface area contributed by atoms with E-state index in [0.717, 1.165) is 56.8 Å². The first kappa shape index (κ1) is 35.3. The molecule has 2 N–H and O–H groups in total. The third kappa shape index (κ3) is 7.64. The molecule has 6 heteroatoms. The van der Waals surface area contributed by atoms with Gasteiger partial charge in [0, 0.05) is 40.9 Å². The van der Waals surface area contributed by atoms with Crippen molar-refractivity contribution in [1.29, 1.82) is 0 Å². The van der Waals surface area contributed by atoms with E-state index in [1.807, 2.05) is 47.7 Å². The van der Waals surface area contributed by atoms with Crippen LogP contribution in [0.15, 0.2) is 65.8 Å². The van der Waals surface area contributed by atoms with Crippen LogP contribution in [0.4, 0.5) is 5.69 Å². The van der Waals surface area contributed by atoms with E-state index in [0.29, 0.717) is 6.42 Å². The van der Waals surface area contributed by atoms with E-state index in [4.69, 9.17) is 9.98 Å². The van der Waals surface area contributed by atoms with Crippen molar-refractivity contribution in [1.82, 2.24) is 15.3 Å². The minimum Gasteiger partial charge on any atom is -0.347 e. The topological polar surface area (TPSA) is 87.2 Å². The summed E-state index contributed by atoms with van der Waals surface area (Å²) in [6.07, 6.45) is 3.07. The summed E-state index contributed by atoms with van der Waals surface area (Å²) in [5, 5.41) is 5.60. The fraction of sp³-hybridized carbons (Fsp3) is 0.476. The maximum absolute atomic E-state index is 13.0. The highest BCUT2D eigenvalue weighted by molar-refractivity contribution is 6.01. The van der Waals surface area contributed by atoms with Gasteiger partial charge < -0.3 is 10.3 Å². The van der Waals surface area contributed by atoms with Crippen LogP contribution in [0.1, 0.15) is 107 Å². The Morgan fingerprint density at radius 1 is 0.750 bits per heavy atom. The van der Waals surface area contributed by atoms with Gasteiger partial charge in [0.15, 0.2) is 0 Å². The molecule has 4 aromatic rings. The largest absolute Gasteiger partial charge is 0.347 e. The minimum atomic E-state index is -0.469. The number of H-pyrrole nitrogens is 1. The smallest absolute Gasteiger partial charge is 0.225 e. The fourth-order valence-corrected chi connectivity index (χ4v) is 6.28. The molecule has 0 saturated heterocycles. The lowest BCUT2D eigenvalue weighted by Gasteiger charge is -2.34. The SMILES string of the molecule is CC(C)(C)C(=O)C[C@H](c1ncc(-c2ccc3cc(-c4ccc5c(c4)CC([C@@H](NC(=O)C(C)(C)C)C(C)(C)C)=N5)ccc3c2)[nH]1)C(C)(C)C. The predicted molar refractivity (Wildman–Crippen MR) is 200 cm³/mol. The van der Waals surface area contributed by atoms with E-state index in [9.17, 15) is 9.59 Å². The number of Topliss-reactive ketones (excluding diaryl/α,β-unsaturated/α-hetero) is 1. The van der Waals surface area contributed by atoms with Crippen LogP contribution >= 0.6 is 0 Å². The van der Waals surface area contributed by atoms with Crippen LogP contribution in [-0.2, 0) is 16.0 Å². The Morgan fingerprint density at radius 3 is 1.92 bits per heavy atom. The van der Waals surface area contributed by atoms with E-state index >= 15 is 0 Å². The molecule has 0 aliphatic carbocycles. The number of fused-ring (bicyclic) bond motifs is 2. The number of ketones is 1. The molecule has 2 atom stereocenters. The third-order valence-electron chi connectivity index (χ3n) is 9.55. The van der Waals surface area contributed by atoms with Crippen molar-refractivity contribution in [3.8, 4) is 22.4 Å².